The molecule has 4 aromatic rings. The molecule has 0 aliphatic rings. The number of nitrogens with one attached hydrogen (secondary N) is 1. The SMILES string of the molecule is CC[C@H](Sc1nc2cc(OC)c(OC)cc2c(=O)n1CCc1ccc(OC)c(OC)c1)C(=O)Nc1cccc(C)c1. The van der Waals surface area contributed by atoms with Crippen LogP contribution in [0.1, 0.15) is 24.5 Å². The maximum absolute atomic E-state index is 13.9. The van der Waals surface area contributed by atoms with Crippen LogP contribution in [-0.4, -0.2) is 49.1 Å². The van der Waals surface area contributed by atoms with E-state index < -0.39 is 5.25 Å². The van der Waals surface area contributed by atoms with Crippen LogP contribution >= 0.6 is 11.8 Å². The average Bonchev–Trinajstić information content (AvgIpc) is 2.98. The fraction of sp³-hybridized carbons (Fsp3) is 0.323. The van der Waals surface area contributed by atoms with Crippen LogP contribution in [0.5, 0.6) is 23.0 Å². The summed E-state index contributed by atoms with van der Waals surface area (Å²) in [4.78, 5) is 32.1. The van der Waals surface area contributed by atoms with Gasteiger partial charge in [0.05, 0.1) is 44.6 Å². The lowest BCUT2D eigenvalue weighted by Gasteiger charge is -2.19. The number of carbonyl (C=O) groups is 1. The molecule has 1 heterocycles. The van der Waals surface area contributed by atoms with Crippen molar-refractivity contribution in [3.05, 3.63) is 76.1 Å². The summed E-state index contributed by atoms with van der Waals surface area (Å²) in [6, 6.07) is 16.6. The highest BCUT2D eigenvalue weighted by Gasteiger charge is 2.23. The van der Waals surface area contributed by atoms with Gasteiger partial charge in [0.1, 0.15) is 0 Å². The van der Waals surface area contributed by atoms with Crippen LogP contribution in [-0.2, 0) is 17.8 Å². The normalized spacial score (nSPS) is 11.7. The number of nitrogens with zero attached hydrogens (tertiary/aromatic N) is 2. The molecule has 9 nitrogen and oxygen atoms in total. The number of ether oxygens (including phenoxy) is 4. The summed E-state index contributed by atoms with van der Waals surface area (Å²) in [6.45, 7) is 4.25. The minimum absolute atomic E-state index is 0.156. The molecular formula is C31H35N3O6S. The zero-order chi connectivity index (χ0) is 29.5. The first kappa shape index (κ1) is 29.8. The number of aromatic nitrogens is 2. The van der Waals surface area contributed by atoms with Crippen molar-refractivity contribution in [1.82, 2.24) is 9.55 Å². The summed E-state index contributed by atoms with van der Waals surface area (Å²) in [5.74, 6) is 1.99. The Hall–Kier alpha value is -4.18. The van der Waals surface area contributed by atoms with Crippen LogP contribution < -0.4 is 29.8 Å². The number of fused-ring (bicyclic) bond motifs is 1. The van der Waals surface area contributed by atoms with E-state index in [9.17, 15) is 9.59 Å². The molecule has 1 amide bonds. The van der Waals surface area contributed by atoms with Crippen molar-refractivity contribution in [1.29, 1.82) is 0 Å². The second-order valence-corrected chi connectivity index (χ2v) is 10.6. The molecule has 0 unspecified atom stereocenters. The molecule has 216 valence electrons. The first-order valence-corrected chi connectivity index (χ1v) is 14.1. The Labute approximate surface area is 243 Å². The van der Waals surface area contributed by atoms with Gasteiger partial charge in [-0.2, -0.15) is 0 Å². The lowest BCUT2D eigenvalue weighted by molar-refractivity contribution is -0.115. The molecule has 0 saturated heterocycles. The van der Waals surface area contributed by atoms with Gasteiger partial charge in [0.25, 0.3) is 5.56 Å². The topological polar surface area (TPSA) is 101 Å². The van der Waals surface area contributed by atoms with E-state index in [0.29, 0.717) is 58.4 Å². The van der Waals surface area contributed by atoms with Gasteiger partial charge in [0.2, 0.25) is 5.91 Å². The average molecular weight is 578 g/mol. The minimum Gasteiger partial charge on any atom is -0.493 e. The Morgan fingerprint density at radius 2 is 1.61 bits per heavy atom. The number of benzene rings is 3. The third kappa shape index (κ3) is 6.77. The van der Waals surface area contributed by atoms with Gasteiger partial charge in [-0.25, -0.2) is 4.98 Å². The number of aryl methyl sites for hydroxylation is 2. The molecular weight excluding hydrogens is 542 g/mol. The Morgan fingerprint density at radius 1 is 0.927 bits per heavy atom. The molecule has 10 heteroatoms. The van der Waals surface area contributed by atoms with Gasteiger partial charge in [-0.3, -0.25) is 14.2 Å². The Bertz CT molecular complexity index is 1600. The lowest BCUT2D eigenvalue weighted by atomic mass is 10.1. The highest BCUT2D eigenvalue weighted by molar-refractivity contribution is 8.00. The van der Waals surface area contributed by atoms with Gasteiger partial charge in [0, 0.05) is 18.3 Å². The van der Waals surface area contributed by atoms with Crippen LogP contribution in [0, 0.1) is 6.92 Å². The zero-order valence-electron chi connectivity index (χ0n) is 24.1. The van der Waals surface area contributed by atoms with Crippen molar-refractivity contribution in [3.8, 4) is 23.0 Å². The largest absolute Gasteiger partial charge is 0.493 e. The highest BCUT2D eigenvalue weighted by atomic mass is 32.2. The Morgan fingerprint density at radius 3 is 2.27 bits per heavy atom. The summed E-state index contributed by atoms with van der Waals surface area (Å²) >= 11 is 1.27. The van der Waals surface area contributed by atoms with Crippen molar-refractivity contribution in [2.75, 3.05) is 33.8 Å². The van der Waals surface area contributed by atoms with E-state index in [1.807, 2.05) is 56.3 Å². The molecule has 1 atom stereocenters. The second-order valence-electron chi connectivity index (χ2n) is 9.39. The Balaban J connectivity index is 1.73. The van der Waals surface area contributed by atoms with Crippen molar-refractivity contribution in [2.45, 2.75) is 43.6 Å². The molecule has 41 heavy (non-hydrogen) atoms. The Kier molecular flexibility index (Phi) is 9.78. The van der Waals surface area contributed by atoms with E-state index in [4.69, 9.17) is 23.9 Å². The first-order chi connectivity index (χ1) is 19.8. The molecule has 0 radical (unpaired) electrons. The van der Waals surface area contributed by atoms with E-state index in [1.54, 1.807) is 30.9 Å². The molecule has 0 bridgehead atoms. The van der Waals surface area contributed by atoms with Crippen LogP contribution in [0.15, 0.2) is 64.5 Å². The molecule has 4 rings (SSSR count). The summed E-state index contributed by atoms with van der Waals surface area (Å²) in [7, 11) is 6.23. The second kappa shape index (κ2) is 13.5. The van der Waals surface area contributed by atoms with Crippen LogP contribution in [0.3, 0.4) is 0 Å². The van der Waals surface area contributed by atoms with Crippen LogP contribution in [0.25, 0.3) is 10.9 Å². The number of rotatable bonds is 12. The number of amides is 1. The third-order valence-electron chi connectivity index (χ3n) is 6.69. The molecule has 1 aromatic heterocycles. The number of anilines is 1. The molecule has 0 aliphatic heterocycles. The first-order valence-electron chi connectivity index (χ1n) is 13.2. The summed E-state index contributed by atoms with van der Waals surface area (Å²) < 4.78 is 23.3. The quantitative estimate of drug-likeness (QED) is 0.174. The fourth-order valence-electron chi connectivity index (χ4n) is 4.49. The smallest absolute Gasteiger partial charge is 0.262 e. The van der Waals surface area contributed by atoms with Gasteiger partial charge in [-0.05, 0) is 61.2 Å². The van der Waals surface area contributed by atoms with E-state index in [1.165, 1.54) is 26.0 Å². The summed E-state index contributed by atoms with van der Waals surface area (Å²) in [5, 5.41) is 3.37. The van der Waals surface area contributed by atoms with Crippen molar-refractivity contribution >= 4 is 34.3 Å². The molecule has 1 N–H and O–H groups in total. The number of methoxy groups -OCH3 is 4. The monoisotopic (exact) mass is 577 g/mol. The molecule has 3 aromatic carbocycles. The summed E-state index contributed by atoms with van der Waals surface area (Å²) in [6.07, 6.45) is 1.07. The predicted molar refractivity (Wildman–Crippen MR) is 162 cm³/mol. The molecule has 0 fully saturated rings. The van der Waals surface area contributed by atoms with Crippen LogP contribution in [0.2, 0.25) is 0 Å². The lowest BCUT2D eigenvalue weighted by Crippen LogP contribution is -2.28. The van der Waals surface area contributed by atoms with Gasteiger partial charge < -0.3 is 24.3 Å². The number of carbonyl (C=O) groups excluding carboxylic acids is 1. The maximum atomic E-state index is 13.9. The molecule has 0 spiro atoms. The minimum atomic E-state index is -0.479. The van der Waals surface area contributed by atoms with Crippen molar-refractivity contribution in [3.63, 3.8) is 0 Å². The zero-order valence-corrected chi connectivity index (χ0v) is 25.0. The van der Waals surface area contributed by atoms with Gasteiger partial charge in [0.15, 0.2) is 28.2 Å². The van der Waals surface area contributed by atoms with Gasteiger partial charge in [-0.15, -0.1) is 0 Å². The van der Waals surface area contributed by atoms with Crippen molar-refractivity contribution in [2.24, 2.45) is 0 Å². The molecule has 0 aliphatic carbocycles. The maximum Gasteiger partial charge on any atom is 0.262 e. The standard InChI is InChI=1S/C31H35N3O6S/c1-7-28(29(35)32-21-10-8-9-19(2)15-21)41-31-33-23-18-27(40-6)26(39-5)17-22(23)30(36)34(31)14-13-20-11-12-24(37-3)25(16-20)38-4/h8-12,15-18,28H,7,13-14H2,1-6H3,(H,32,35)/t28-/m0/s1. The van der Waals surface area contributed by atoms with E-state index >= 15 is 0 Å². The number of hydrogen-bond donors (Lipinski definition) is 1. The van der Waals surface area contributed by atoms with Gasteiger partial charge in [-0.1, -0.05) is 36.9 Å². The van der Waals surface area contributed by atoms with Gasteiger partial charge >= 0.3 is 0 Å². The number of hydrogen-bond acceptors (Lipinski definition) is 8. The fourth-order valence-corrected chi connectivity index (χ4v) is 5.53. The van der Waals surface area contributed by atoms with Crippen molar-refractivity contribution < 1.29 is 23.7 Å². The van der Waals surface area contributed by atoms with E-state index in [0.717, 1.165) is 16.8 Å². The van der Waals surface area contributed by atoms with E-state index in [2.05, 4.69) is 5.32 Å². The number of thioether (sulfide) groups is 1. The third-order valence-corrected chi connectivity index (χ3v) is 8.05. The van der Waals surface area contributed by atoms with E-state index in [-0.39, 0.29) is 11.5 Å². The summed E-state index contributed by atoms with van der Waals surface area (Å²) in [5.41, 5.74) is 2.97. The predicted octanol–water partition coefficient (Wildman–Crippen LogP) is 5.49. The highest BCUT2D eigenvalue weighted by Crippen LogP contribution is 2.33. The molecule has 0 saturated carbocycles. The van der Waals surface area contributed by atoms with Crippen LogP contribution in [0.4, 0.5) is 5.69 Å².